The molecule has 23 valence electrons. The Balaban J connectivity index is 0. The van der Waals surface area contributed by atoms with Crippen molar-refractivity contribution in [3.63, 3.8) is 0 Å². The van der Waals surface area contributed by atoms with Crippen LogP contribution in [0, 0.1) is 0 Å². The molecule has 0 atom stereocenters. The molecular formula is C2H5OPb. The van der Waals surface area contributed by atoms with Gasteiger partial charge < -0.3 is 0 Å². The van der Waals surface area contributed by atoms with E-state index in [4.69, 9.17) is 4.79 Å². The molecule has 1 nitrogen and oxygen atoms in total. The van der Waals surface area contributed by atoms with Gasteiger partial charge in [0.1, 0.15) is 0 Å². The molecule has 0 fully saturated rings. The summed E-state index contributed by atoms with van der Waals surface area (Å²) in [6, 6.07) is 0. The van der Waals surface area contributed by atoms with Crippen LogP contribution in [0.15, 0.2) is 0 Å². The van der Waals surface area contributed by atoms with Crippen LogP contribution in [0.4, 0.5) is 0 Å². The van der Waals surface area contributed by atoms with Crippen molar-refractivity contribution in [3.8, 4) is 0 Å². The molecule has 4 heavy (non-hydrogen) atoms. The summed E-state index contributed by atoms with van der Waals surface area (Å²) in [7, 11) is 0. The van der Waals surface area contributed by atoms with E-state index < -0.39 is 0 Å². The predicted molar refractivity (Wildman–Crippen MR) is 19.9 cm³/mol. The van der Waals surface area contributed by atoms with Crippen LogP contribution in [0.1, 0.15) is 6.92 Å². The fourth-order valence-corrected chi connectivity index (χ4v) is 0. The zero-order valence-electron chi connectivity index (χ0n) is 2.62. The van der Waals surface area contributed by atoms with Crippen molar-refractivity contribution in [1.82, 2.24) is 0 Å². The Labute approximate surface area is 45.5 Å². The summed E-state index contributed by atoms with van der Waals surface area (Å²) < 4.78 is 0. The second kappa shape index (κ2) is 9.52. The van der Waals surface area contributed by atoms with Gasteiger partial charge in [-0.05, 0) is 0 Å². The first-order valence-corrected chi connectivity index (χ1v) is 0.704. The topological polar surface area (TPSA) is 17.1 Å². The van der Waals surface area contributed by atoms with Gasteiger partial charge in [0.25, 0.3) is 0 Å². The molecule has 0 aromatic heterocycles. The van der Waals surface area contributed by atoms with Crippen molar-refractivity contribution in [3.05, 3.63) is 0 Å². The third-order valence-corrected chi connectivity index (χ3v) is 0. The van der Waals surface area contributed by atoms with Crippen molar-refractivity contribution in [2.45, 2.75) is 6.92 Å². The molecule has 0 spiro atoms. The summed E-state index contributed by atoms with van der Waals surface area (Å²) in [6.45, 7) is 1.32. The van der Waals surface area contributed by atoms with Gasteiger partial charge in [0, 0.05) is 6.92 Å². The van der Waals surface area contributed by atoms with Crippen LogP contribution in [0.3, 0.4) is 0 Å². The predicted octanol–water partition coefficient (Wildman–Crippen LogP) is -0.800. The van der Waals surface area contributed by atoms with Crippen LogP contribution in [0.2, 0.25) is 0 Å². The Morgan fingerprint density at radius 2 is 1.75 bits per heavy atom. The van der Waals surface area contributed by atoms with Crippen LogP contribution in [0.25, 0.3) is 0 Å². The second-order valence-electron chi connectivity index (χ2n) is 0.204. The van der Waals surface area contributed by atoms with E-state index in [2.05, 4.69) is 0 Å². The van der Waals surface area contributed by atoms with E-state index in [-0.39, 0.29) is 27.3 Å². The molecule has 3 radical (unpaired) electrons. The molecule has 0 aliphatic heterocycles. The summed E-state index contributed by atoms with van der Waals surface area (Å²) >= 11 is 0. The van der Waals surface area contributed by atoms with Crippen LogP contribution >= 0.6 is 0 Å². The van der Waals surface area contributed by atoms with Gasteiger partial charge in [0.2, 0.25) is 0 Å². The van der Waals surface area contributed by atoms with Gasteiger partial charge in [-0.1, -0.05) is 0 Å². The van der Waals surface area contributed by atoms with Gasteiger partial charge in [-0.2, -0.15) is 0 Å². The van der Waals surface area contributed by atoms with Crippen LogP contribution in [-0.4, -0.2) is 33.6 Å². The van der Waals surface area contributed by atoms with E-state index in [1.54, 1.807) is 0 Å². The quantitative estimate of drug-likeness (QED) is 0.516. The molecule has 0 bridgehead atoms. The van der Waals surface area contributed by atoms with E-state index in [1.807, 2.05) is 0 Å². The molecule has 0 unspecified atom stereocenters. The Morgan fingerprint density at radius 3 is 1.75 bits per heavy atom. The van der Waals surface area contributed by atoms with E-state index in [9.17, 15) is 0 Å². The molecule has 0 aromatic rings. The SMILES string of the molecule is C[C]=O.[PbH2]. The Bertz CT molecular complexity index is 13.5. The molecule has 0 saturated heterocycles. The van der Waals surface area contributed by atoms with E-state index in [0.717, 1.165) is 0 Å². The van der Waals surface area contributed by atoms with Crippen LogP contribution in [0.5, 0.6) is 0 Å². The second-order valence-corrected chi connectivity index (χ2v) is 0.204. The maximum atomic E-state index is 8.68. The van der Waals surface area contributed by atoms with Gasteiger partial charge in [-0.3, -0.25) is 4.79 Å². The number of rotatable bonds is 0. The zero-order valence-corrected chi connectivity index (χ0v) is 8.11. The Kier molecular flexibility index (Phi) is 21.0. The van der Waals surface area contributed by atoms with Crippen LogP contribution < -0.4 is 0 Å². The van der Waals surface area contributed by atoms with Crippen molar-refractivity contribution in [2.24, 2.45) is 0 Å². The molecule has 0 N–H and O–H groups in total. The van der Waals surface area contributed by atoms with Gasteiger partial charge in [0.05, 0.1) is 0 Å². The van der Waals surface area contributed by atoms with Crippen molar-refractivity contribution in [2.75, 3.05) is 0 Å². The van der Waals surface area contributed by atoms with Gasteiger partial charge in [-0.25, -0.2) is 0 Å². The minimum atomic E-state index is 0. The van der Waals surface area contributed by atoms with E-state index in [1.165, 1.54) is 13.2 Å². The number of hydrogen-bond acceptors (Lipinski definition) is 1. The minimum absolute atomic E-state index is 0. The molecule has 0 aromatic carbocycles. The summed E-state index contributed by atoms with van der Waals surface area (Å²) in [5, 5.41) is 0. The average molecular weight is 252 g/mol. The summed E-state index contributed by atoms with van der Waals surface area (Å²) in [5.41, 5.74) is 0. The molecule has 0 aliphatic carbocycles. The summed E-state index contributed by atoms with van der Waals surface area (Å²) in [4.78, 5) is 8.68. The fourth-order valence-electron chi connectivity index (χ4n) is 0. The first-order chi connectivity index (χ1) is 1.41. The summed E-state index contributed by atoms with van der Waals surface area (Å²) in [6.07, 6.45) is 1.50. The van der Waals surface area contributed by atoms with Gasteiger partial charge >= 0.3 is 27.3 Å². The maximum absolute atomic E-state index is 8.68. The molecule has 0 aliphatic rings. The average Bonchev–Trinajstić information content (AvgIpc) is 0.918. The van der Waals surface area contributed by atoms with Gasteiger partial charge in [0.15, 0.2) is 6.29 Å². The van der Waals surface area contributed by atoms with E-state index >= 15 is 0 Å². The fraction of sp³-hybridized carbons (Fsp3) is 0.500. The molecule has 2 heteroatoms. The van der Waals surface area contributed by atoms with Crippen molar-refractivity contribution >= 4 is 33.6 Å². The Morgan fingerprint density at radius 1 is 1.75 bits per heavy atom. The monoisotopic (exact) mass is 253 g/mol. The molecule has 0 heterocycles. The van der Waals surface area contributed by atoms with Crippen molar-refractivity contribution < 1.29 is 4.79 Å². The normalized spacial score (nSPS) is 3.25. The Hall–Kier alpha value is 0.592. The standard InChI is InChI=1S/C2H3O.Pb.2H/c1-2-3;;;/h1H3;;;. The number of hydrogen-bond donors (Lipinski definition) is 0. The zero-order chi connectivity index (χ0) is 2.71. The molecule has 0 amide bonds. The third-order valence-electron chi connectivity index (χ3n) is 0. The first kappa shape index (κ1) is 8.82. The number of carbonyl (C=O) groups excluding carboxylic acids is 1. The molecule has 0 saturated carbocycles. The summed E-state index contributed by atoms with van der Waals surface area (Å²) in [5.74, 6) is 0. The van der Waals surface area contributed by atoms with Crippen LogP contribution in [-0.2, 0) is 4.79 Å². The molecule has 0 rings (SSSR count). The van der Waals surface area contributed by atoms with Crippen molar-refractivity contribution in [1.29, 1.82) is 0 Å². The third kappa shape index (κ3) is 18.7. The molecular weight excluding hydrogens is 247 g/mol. The van der Waals surface area contributed by atoms with Gasteiger partial charge in [-0.15, -0.1) is 0 Å². The van der Waals surface area contributed by atoms with E-state index in [0.29, 0.717) is 0 Å². The first-order valence-electron chi connectivity index (χ1n) is 0.704.